The Morgan fingerprint density at radius 3 is 2.04 bits per heavy atom. The van der Waals surface area contributed by atoms with Crippen molar-refractivity contribution < 1.29 is 13.7 Å². The van der Waals surface area contributed by atoms with E-state index in [1.807, 2.05) is 97.9 Å². The first-order valence-electron chi connectivity index (χ1n) is 15.9. The minimum Gasteiger partial charge on any atom is -0.472 e. The number of ether oxygens (including phenoxy) is 1. The van der Waals surface area contributed by atoms with Gasteiger partial charge < -0.3 is 10.1 Å². The number of carbonyl (C=O) groups is 1. The monoisotopic (exact) mass is 629 g/mol. The highest BCUT2D eigenvalue weighted by molar-refractivity contribution is 7.92. The maximum absolute atomic E-state index is 15.8. The predicted octanol–water partition coefficient (Wildman–Crippen LogP) is 6.81. The molecule has 9 heteroatoms. The molecule has 2 aliphatic carbocycles. The molecule has 1 aliphatic heterocycles. The first-order chi connectivity index (χ1) is 22.4. The lowest BCUT2D eigenvalue weighted by Gasteiger charge is -2.33. The number of amides is 2. The summed E-state index contributed by atoms with van der Waals surface area (Å²) in [6.45, 7) is 2.45. The van der Waals surface area contributed by atoms with Gasteiger partial charge in [0.25, 0.3) is 0 Å². The van der Waals surface area contributed by atoms with E-state index in [-0.39, 0.29) is 11.0 Å². The molecule has 0 unspecified atom stereocenters. The molecule has 0 spiro atoms. The number of carbonyl (C=O) groups excluding carboxylic acids is 1. The summed E-state index contributed by atoms with van der Waals surface area (Å²) in [5.41, 5.74) is 6.98. The number of nitrogens with one attached hydrogen (secondary N) is 2. The number of benzene rings is 4. The topological polar surface area (TPSA) is 97.6 Å². The van der Waals surface area contributed by atoms with Crippen LogP contribution in [0.3, 0.4) is 0 Å². The zero-order valence-corrected chi connectivity index (χ0v) is 26.4. The molecule has 0 radical (unpaired) electrons. The smallest absolute Gasteiger partial charge is 0.331 e. The number of aryl methyl sites for hydroxylation is 2. The van der Waals surface area contributed by atoms with Gasteiger partial charge in [0.05, 0.1) is 12.7 Å². The molecule has 0 saturated carbocycles. The van der Waals surface area contributed by atoms with Crippen molar-refractivity contribution in [1.82, 2.24) is 14.5 Å². The van der Waals surface area contributed by atoms with Crippen molar-refractivity contribution in [2.45, 2.75) is 62.1 Å². The summed E-state index contributed by atoms with van der Waals surface area (Å²) in [6.07, 6.45) is 6.28. The number of aromatic nitrogens is 2. The van der Waals surface area contributed by atoms with Crippen molar-refractivity contribution in [2.24, 2.45) is 4.36 Å². The Balaban J connectivity index is 1.34. The van der Waals surface area contributed by atoms with E-state index in [1.54, 1.807) is 4.68 Å². The van der Waals surface area contributed by atoms with Crippen molar-refractivity contribution in [1.29, 1.82) is 0 Å². The van der Waals surface area contributed by atoms with Crippen LogP contribution in [0.2, 0.25) is 0 Å². The molecule has 5 aromatic rings. The average molecular weight is 630 g/mol. The van der Waals surface area contributed by atoms with Gasteiger partial charge in [0, 0.05) is 5.69 Å². The van der Waals surface area contributed by atoms with Crippen LogP contribution in [-0.2, 0) is 47.7 Å². The quantitative estimate of drug-likeness (QED) is 0.193. The van der Waals surface area contributed by atoms with Crippen LogP contribution in [0.4, 0.5) is 10.5 Å². The van der Waals surface area contributed by atoms with Crippen LogP contribution < -0.4 is 14.8 Å². The number of hydrogen-bond acceptors (Lipinski definition) is 5. The summed E-state index contributed by atoms with van der Waals surface area (Å²) in [6, 6.07) is 31.2. The van der Waals surface area contributed by atoms with E-state index in [2.05, 4.69) is 21.2 Å². The van der Waals surface area contributed by atoms with Crippen molar-refractivity contribution in [3.63, 3.8) is 0 Å². The molecule has 1 aromatic heterocycles. The fraction of sp³-hybridized carbons (Fsp3) is 0.243. The Morgan fingerprint density at radius 1 is 0.870 bits per heavy atom. The molecule has 2 amide bonds. The van der Waals surface area contributed by atoms with Crippen LogP contribution in [0.25, 0.3) is 0 Å². The summed E-state index contributed by atoms with van der Waals surface area (Å²) in [5.74, 6) is 0.356. The molecule has 2 heterocycles. The van der Waals surface area contributed by atoms with E-state index in [0.29, 0.717) is 12.4 Å². The normalized spacial score (nSPS) is 17.5. The Hall–Kier alpha value is -4.89. The van der Waals surface area contributed by atoms with E-state index in [0.717, 1.165) is 54.5 Å². The molecule has 2 N–H and O–H groups in total. The minimum atomic E-state index is -3.76. The number of urea groups is 1. The number of fused-ring (bicyclic) bond motifs is 3. The molecule has 0 fully saturated rings. The van der Waals surface area contributed by atoms with Crippen molar-refractivity contribution >= 4 is 21.6 Å². The summed E-state index contributed by atoms with van der Waals surface area (Å²) in [7, 11) is -3.76. The van der Waals surface area contributed by atoms with Gasteiger partial charge in [0.2, 0.25) is 5.88 Å². The van der Waals surface area contributed by atoms with Crippen molar-refractivity contribution in [2.75, 3.05) is 5.32 Å². The molecule has 232 valence electrons. The third-order valence-electron chi connectivity index (χ3n) is 9.35. The second-order valence-corrected chi connectivity index (χ2v) is 14.2. The van der Waals surface area contributed by atoms with Gasteiger partial charge in [-0.1, -0.05) is 97.1 Å². The fourth-order valence-electron chi connectivity index (χ4n) is 7.14. The van der Waals surface area contributed by atoms with Gasteiger partial charge in [-0.3, -0.25) is 0 Å². The minimum absolute atomic E-state index is 0.159. The van der Waals surface area contributed by atoms with E-state index in [4.69, 9.17) is 9.10 Å². The molecule has 2 atom stereocenters. The molecule has 46 heavy (non-hydrogen) atoms. The van der Waals surface area contributed by atoms with Crippen LogP contribution in [0.1, 0.15) is 52.3 Å². The molecular weight excluding hydrogens is 595 g/mol. The number of anilines is 1. The SMILES string of the molecule is C[C@@H]1Cn2ncc([S@](=O)(=NC(c3ccccc3)(c3ccccc3)c3ccccc3)NC(=O)Nc3c4c(cc5c3CC5)CCC4)c2O1. The van der Waals surface area contributed by atoms with Crippen LogP contribution in [0.15, 0.2) is 113 Å². The van der Waals surface area contributed by atoms with Crippen LogP contribution in [0, 0.1) is 0 Å². The highest BCUT2D eigenvalue weighted by atomic mass is 32.2. The molecule has 8 nitrogen and oxygen atoms in total. The Morgan fingerprint density at radius 2 is 1.46 bits per heavy atom. The standard InChI is InChI=1S/C37H35N5O3S/c1-25-24-42-35(45-25)33(23-38-42)46(44,40-36(43)39-34-31-19-11-12-26(31)22-27-20-21-32(27)34)41-37(28-13-5-2-6-14-28,29-15-7-3-8-16-29)30-17-9-4-10-18-30/h2-10,13-18,22-23,25H,11-12,19-21,24H2,1H3,(H2,39,40,41,43,44)/t25-,46-/m1/s1. The van der Waals surface area contributed by atoms with Gasteiger partial charge >= 0.3 is 6.03 Å². The van der Waals surface area contributed by atoms with Gasteiger partial charge in [-0.25, -0.2) is 18.4 Å². The molecular formula is C37H35N5O3S. The van der Waals surface area contributed by atoms with Gasteiger partial charge in [-0.2, -0.15) is 9.46 Å². The predicted molar refractivity (Wildman–Crippen MR) is 178 cm³/mol. The van der Waals surface area contributed by atoms with E-state index in [9.17, 15) is 4.79 Å². The van der Waals surface area contributed by atoms with Gasteiger partial charge in [0.15, 0.2) is 9.92 Å². The van der Waals surface area contributed by atoms with E-state index < -0.39 is 21.5 Å². The molecule has 3 aliphatic rings. The lowest BCUT2D eigenvalue weighted by Crippen LogP contribution is -2.38. The maximum atomic E-state index is 15.8. The molecule has 8 rings (SSSR count). The molecule has 4 aromatic carbocycles. The molecule has 0 saturated heterocycles. The number of nitrogens with zero attached hydrogens (tertiary/aromatic N) is 3. The average Bonchev–Trinajstić information content (AvgIpc) is 3.79. The van der Waals surface area contributed by atoms with Crippen LogP contribution in [0.5, 0.6) is 5.88 Å². The van der Waals surface area contributed by atoms with Gasteiger partial charge in [0.1, 0.15) is 16.5 Å². The lowest BCUT2D eigenvalue weighted by molar-refractivity contribution is 0.248. The summed E-state index contributed by atoms with van der Waals surface area (Å²) < 4.78 is 31.8. The van der Waals surface area contributed by atoms with Gasteiger partial charge in [-0.15, -0.1) is 0 Å². The Kier molecular flexibility index (Phi) is 6.94. The zero-order valence-electron chi connectivity index (χ0n) is 25.6. The van der Waals surface area contributed by atoms with E-state index >= 15 is 4.21 Å². The Bertz CT molecular complexity index is 1970. The lowest BCUT2D eigenvalue weighted by atomic mass is 9.78. The van der Waals surface area contributed by atoms with E-state index in [1.165, 1.54) is 28.5 Å². The largest absolute Gasteiger partial charge is 0.472 e. The number of rotatable bonds is 7. The Labute approximate surface area is 269 Å². The number of hydrogen-bond donors (Lipinski definition) is 2. The summed E-state index contributed by atoms with van der Waals surface area (Å²) >= 11 is 0. The van der Waals surface area contributed by atoms with Crippen molar-refractivity contribution in [3.8, 4) is 5.88 Å². The second kappa shape index (κ2) is 11.2. The fourth-order valence-corrected chi connectivity index (χ4v) is 8.98. The first kappa shape index (κ1) is 28.6. The summed E-state index contributed by atoms with van der Waals surface area (Å²) in [5, 5.41) is 7.66. The maximum Gasteiger partial charge on any atom is 0.331 e. The van der Waals surface area contributed by atoms with Crippen LogP contribution >= 0.6 is 0 Å². The zero-order chi connectivity index (χ0) is 31.3. The van der Waals surface area contributed by atoms with Gasteiger partial charge in [-0.05, 0) is 78.0 Å². The highest BCUT2D eigenvalue weighted by Crippen LogP contribution is 2.44. The highest BCUT2D eigenvalue weighted by Gasteiger charge is 2.41. The summed E-state index contributed by atoms with van der Waals surface area (Å²) in [4.78, 5) is 14.4. The third kappa shape index (κ3) is 4.69. The first-order valence-corrected chi connectivity index (χ1v) is 17.4. The second-order valence-electron chi connectivity index (χ2n) is 12.3. The molecule has 0 bridgehead atoms. The van der Waals surface area contributed by atoms with Crippen LogP contribution in [-0.4, -0.2) is 26.1 Å². The van der Waals surface area contributed by atoms with Crippen molar-refractivity contribution in [3.05, 3.63) is 142 Å². The third-order valence-corrected chi connectivity index (χ3v) is 11.2.